The van der Waals surface area contributed by atoms with Crippen LogP contribution in [0.3, 0.4) is 0 Å². The number of hydrogen-bond donors (Lipinski definition) is 2. The molecule has 0 aromatic heterocycles. The van der Waals surface area contributed by atoms with Crippen LogP contribution in [0.25, 0.3) is 0 Å². The molecule has 2 amide bonds. The molecule has 2 rings (SSSR count). The smallest absolute Gasteiger partial charge is 0.258 e. The Morgan fingerprint density at radius 1 is 0.920 bits per heavy atom. The Morgan fingerprint density at radius 2 is 1.56 bits per heavy atom. The first kappa shape index (κ1) is 18.6. The Hall–Kier alpha value is -2.73. The minimum Gasteiger partial charge on any atom is -0.497 e. The lowest BCUT2D eigenvalue weighted by Gasteiger charge is -2.09. The van der Waals surface area contributed by atoms with Crippen LogP contribution in [0.2, 0.25) is 5.02 Å². The van der Waals surface area contributed by atoms with Crippen LogP contribution in [0, 0.1) is 0 Å². The van der Waals surface area contributed by atoms with Crippen LogP contribution in [0.5, 0.6) is 11.5 Å². The summed E-state index contributed by atoms with van der Waals surface area (Å²) in [7, 11) is 1.57. The van der Waals surface area contributed by atoms with Crippen molar-refractivity contribution >= 4 is 23.4 Å². The van der Waals surface area contributed by atoms with Gasteiger partial charge in [-0.1, -0.05) is 23.7 Å². The van der Waals surface area contributed by atoms with E-state index in [0.29, 0.717) is 23.1 Å². The summed E-state index contributed by atoms with van der Waals surface area (Å²) in [6.45, 7) is 0.0867. The quantitative estimate of drug-likeness (QED) is 0.754. The van der Waals surface area contributed by atoms with E-state index in [9.17, 15) is 9.59 Å². The summed E-state index contributed by atoms with van der Waals surface area (Å²) >= 11 is 5.80. The van der Waals surface area contributed by atoms with Crippen LogP contribution in [0.1, 0.15) is 5.56 Å². The number of rotatable bonds is 8. The van der Waals surface area contributed by atoms with Crippen molar-refractivity contribution in [1.82, 2.24) is 10.6 Å². The summed E-state index contributed by atoms with van der Waals surface area (Å²) in [6, 6.07) is 14.0. The van der Waals surface area contributed by atoms with Crippen LogP contribution in [-0.2, 0) is 16.1 Å². The molecule has 0 heterocycles. The molecule has 7 heteroatoms. The third-order valence-electron chi connectivity index (χ3n) is 3.28. The van der Waals surface area contributed by atoms with Crippen molar-refractivity contribution < 1.29 is 19.1 Å². The fourth-order valence-corrected chi connectivity index (χ4v) is 2.04. The molecule has 6 nitrogen and oxygen atoms in total. The molecule has 25 heavy (non-hydrogen) atoms. The minimum atomic E-state index is -0.377. The van der Waals surface area contributed by atoms with Crippen LogP contribution in [0.4, 0.5) is 0 Å². The van der Waals surface area contributed by atoms with Crippen molar-refractivity contribution in [3.63, 3.8) is 0 Å². The topological polar surface area (TPSA) is 76.7 Å². The van der Waals surface area contributed by atoms with Gasteiger partial charge in [-0.3, -0.25) is 9.59 Å². The largest absolute Gasteiger partial charge is 0.497 e. The third kappa shape index (κ3) is 6.73. The first-order chi connectivity index (χ1) is 12.1. The van der Waals surface area contributed by atoms with Gasteiger partial charge in [0.15, 0.2) is 6.61 Å². The molecule has 0 aliphatic carbocycles. The molecule has 0 bridgehead atoms. The number of nitrogens with one attached hydrogen (secondary N) is 2. The number of benzene rings is 2. The van der Waals surface area contributed by atoms with Crippen LogP contribution in [-0.4, -0.2) is 32.1 Å². The van der Waals surface area contributed by atoms with E-state index in [-0.39, 0.29) is 25.0 Å². The van der Waals surface area contributed by atoms with Gasteiger partial charge in [-0.25, -0.2) is 0 Å². The van der Waals surface area contributed by atoms with E-state index >= 15 is 0 Å². The number of hydrogen-bond acceptors (Lipinski definition) is 4. The van der Waals surface area contributed by atoms with Crippen LogP contribution in [0.15, 0.2) is 48.5 Å². The summed E-state index contributed by atoms with van der Waals surface area (Å²) in [4.78, 5) is 23.4. The number of ether oxygens (including phenoxy) is 2. The maximum atomic E-state index is 11.7. The van der Waals surface area contributed by atoms with Crippen LogP contribution < -0.4 is 20.1 Å². The average molecular weight is 363 g/mol. The highest BCUT2D eigenvalue weighted by Crippen LogP contribution is 2.16. The van der Waals surface area contributed by atoms with E-state index in [1.807, 2.05) is 12.1 Å². The van der Waals surface area contributed by atoms with Gasteiger partial charge in [0.2, 0.25) is 5.91 Å². The van der Waals surface area contributed by atoms with Crippen molar-refractivity contribution in [3.8, 4) is 11.5 Å². The van der Waals surface area contributed by atoms with Crippen molar-refractivity contribution in [2.45, 2.75) is 6.54 Å². The minimum absolute atomic E-state index is 0.113. The average Bonchev–Trinajstić information content (AvgIpc) is 2.64. The van der Waals surface area contributed by atoms with Gasteiger partial charge < -0.3 is 20.1 Å². The first-order valence-electron chi connectivity index (χ1n) is 7.61. The summed E-state index contributed by atoms with van der Waals surface area (Å²) in [6.07, 6.45) is 0. The van der Waals surface area contributed by atoms with E-state index < -0.39 is 0 Å². The summed E-state index contributed by atoms with van der Waals surface area (Å²) in [5, 5.41) is 5.85. The molecule has 2 aromatic carbocycles. The molecule has 0 aliphatic rings. The molecule has 0 aliphatic heterocycles. The Morgan fingerprint density at radius 3 is 2.20 bits per heavy atom. The number of amides is 2. The molecule has 0 fully saturated rings. The number of carbonyl (C=O) groups is 2. The van der Waals surface area contributed by atoms with Gasteiger partial charge in [0.25, 0.3) is 5.91 Å². The lowest BCUT2D eigenvalue weighted by molar-refractivity contribution is -0.127. The molecule has 0 spiro atoms. The van der Waals surface area contributed by atoms with Gasteiger partial charge in [-0.2, -0.15) is 0 Å². The Labute approximate surface area is 151 Å². The highest BCUT2D eigenvalue weighted by atomic mass is 35.5. The van der Waals surface area contributed by atoms with Gasteiger partial charge >= 0.3 is 0 Å². The Bertz CT molecular complexity index is 702. The highest BCUT2D eigenvalue weighted by molar-refractivity contribution is 6.30. The lowest BCUT2D eigenvalue weighted by atomic mass is 10.2. The predicted molar refractivity (Wildman–Crippen MR) is 94.8 cm³/mol. The summed E-state index contributed by atoms with van der Waals surface area (Å²) < 4.78 is 10.4. The number of methoxy groups -OCH3 is 1. The normalized spacial score (nSPS) is 10.0. The second-order valence-corrected chi connectivity index (χ2v) is 5.58. The molecule has 0 saturated heterocycles. The van der Waals surface area contributed by atoms with E-state index in [0.717, 1.165) is 5.56 Å². The molecule has 132 valence electrons. The first-order valence-corrected chi connectivity index (χ1v) is 7.99. The Balaban J connectivity index is 1.64. The standard InChI is InChI=1S/C18H19ClN2O4/c1-24-15-6-8-16(9-7-15)25-12-18(23)21-11-17(22)20-10-13-2-4-14(19)5-3-13/h2-9H,10-12H2,1H3,(H,20,22)(H,21,23). The molecule has 0 saturated carbocycles. The van der Waals surface area contributed by atoms with E-state index in [1.165, 1.54) is 0 Å². The van der Waals surface area contributed by atoms with E-state index in [4.69, 9.17) is 21.1 Å². The molecule has 2 N–H and O–H groups in total. The monoisotopic (exact) mass is 362 g/mol. The SMILES string of the molecule is COc1ccc(OCC(=O)NCC(=O)NCc2ccc(Cl)cc2)cc1. The Kier molecular flexibility index (Phi) is 7.10. The van der Waals surface area contributed by atoms with Crippen molar-refractivity contribution in [1.29, 1.82) is 0 Å². The predicted octanol–water partition coefficient (Wildman–Crippen LogP) is 2.16. The molecule has 2 aromatic rings. The highest BCUT2D eigenvalue weighted by Gasteiger charge is 2.06. The molecule has 0 unspecified atom stereocenters. The molecule has 0 atom stereocenters. The van der Waals surface area contributed by atoms with E-state index in [2.05, 4.69) is 10.6 Å². The lowest BCUT2D eigenvalue weighted by Crippen LogP contribution is -2.38. The van der Waals surface area contributed by atoms with Crippen molar-refractivity contribution in [2.75, 3.05) is 20.3 Å². The van der Waals surface area contributed by atoms with Gasteiger partial charge in [0.1, 0.15) is 11.5 Å². The maximum absolute atomic E-state index is 11.7. The van der Waals surface area contributed by atoms with Crippen molar-refractivity contribution in [2.24, 2.45) is 0 Å². The maximum Gasteiger partial charge on any atom is 0.258 e. The van der Waals surface area contributed by atoms with Crippen LogP contribution >= 0.6 is 11.6 Å². The number of halogens is 1. The summed E-state index contributed by atoms with van der Waals surface area (Å²) in [5.74, 6) is 0.586. The fraction of sp³-hybridized carbons (Fsp3) is 0.222. The number of carbonyl (C=O) groups excluding carboxylic acids is 2. The second kappa shape index (κ2) is 9.54. The fourth-order valence-electron chi connectivity index (χ4n) is 1.92. The molecular weight excluding hydrogens is 344 g/mol. The second-order valence-electron chi connectivity index (χ2n) is 5.14. The third-order valence-corrected chi connectivity index (χ3v) is 3.53. The van der Waals surface area contributed by atoms with E-state index in [1.54, 1.807) is 43.5 Å². The van der Waals surface area contributed by atoms with Gasteiger partial charge in [-0.05, 0) is 42.0 Å². The summed E-state index contributed by atoms with van der Waals surface area (Å²) in [5.41, 5.74) is 0.923. The zero-order valence-corrected chi connectivity index (χ0v) is 14.5. The van der Waals surface area contributed by atoms with Gasteiger partial charge in [0, 0.05) is 11.6 Å². The molecule has 0 radical (unpaired) electrons. The van der Waals surface area contributed by atoms with Crippen molar-refractivity contribution in [3.05, 3.63) is 59.1 Å². The zero-order chi connectivity index (χ0) is 18.1. The van der Waals surface area contributed by atoms with Gasteiger partial charge in [0.05, 0.1) is 13.7 Å². The molecular formula is C18H19ClN2O4. The zero-order valence-electron chi connectivity index (χ0n) is 13.8. The van der Waals surface area contributed by atoms with Gasteiger partial charge in [-0.15, -0.1) is 0 Å².